The SMILES string of the molecule is CCNC(=NCCCCCCC(=O)OC)NCCN1C(=O)C2C3C=CC(C3)C2C1=O.I. The fourth-order valence-corrected chi connectivity index (χ4v) is 4.84. The van der Waals surface area contributed by atoms with Gasteiger partial charge in [0.1, 0.15) is 0 Å². The first kappa shape index (κ1) is 25.6. The summed E-state index contributed by atoms with van der Waals surface area (Å²) in [4.78, 5) is 42.5. The molecular formula is C22H35IN4O4. The predicted octanol–water partition coefficient (Wildman–Crippen LogP) is 2.09. The number of nitrogens with one attached hydrogen (secondary N) is 2. The molecule has 2 bridgehead atoms. The number of imide groups is 1. The monoisotopic (exact) mass is 546 g/mol. The number of aliphatic imine (C=N–C) groups is 1. The maximum absolute atomic E-state index is 12.7. The van der Waals surface area contributed by atoms with E-state index in [0.29, 0.717) is 32.0 Å². The number of likely N-dealkylation sites (tertiary alicyclic amines) is 1. The van der Waals surface area contributed by atoms with Gasteiger partial charge in [-0.25, -0.2) is 0 Å². The van der Waals surface area contributed by atoms with E-state index < -0.39 is 0 Å². The average Bonchev–Trinajstić information content (AvgIpc) is 3.42. The number of carbonyl (C=O) groups is 3. The molecule has 31 heavy (non-hydrogen) atoms. The first-order valence-corrected chi connectivity index (χ1v) is 11.2. The van der Waals surface area contributed by atoms with Crippen LogP contribution in [0.5, 0.6) is 0 Å². The number of rotatable bonds is 11. The molecule has 3 aliphatic rings. The lowest BCUT2D eigenvalue weighted by molar-refractivity contribution is -0.141. The normalized spacial score (nSPS) is 26.1. The van der Waals surface area contributed by atoms with Crippen LogP contribution >= 0.6 is 24.0 Å². The van der Waals surface area contributed by atoms with Crippen LogP contribution < -0.4 is 10.6 Å². The molecule has 1 aliphatic heterocycles. The quantitative estimate of drug-likeness (QED) is 0.0784. The maximum Gasteiger partial charge on any atom is 0.305 e. The number of esters is 1. The van der Waals surface area contributed by atoms with E-state index in [1.54, 1.807) is 0 Å². The number of guanidine groups is 1. The minimum atomic E-state index is -0.158. The fourth-order valence-electron chi connectivity index (χ4n) is 4.84. The molecule has 0 aromatic carbocycles. The van der Waals surface area contributed by atoms with E-state index in [1.165, 1.54) is 12.0 Å². The van der Waals surface area contributed by atoms with Gasteiger partial charge in [0.05, 0.1) is 18.9 Å². The third-order valence-electron chi connectivity index (χ3n) is 6.32. The summed E-state index contributed by atoms with van der Waals surface area (Å²) in [6.45, 7) is 4.30. The van der Waals surface area contributed by atoms with Crippen LogP contribution in [0.1, 0.15) is 45.4 Å². The topological polar surface area (TPSA) is 100 Å². The highest BCUT2D eigenvalue weighted by atomic mass is 127. The average molecular weight is 546 g/mol. The largest absolute Gasteiger partial charge is 0.469 e. The molecular weight excluding hydrogens is 511 g/mol. The summed E-state index contributed by atoms with van der Waals surface area (Å²) in [6, 6.07) is 0. The van der Waals surface area contributed by atoms with Crippen molar-refractivity contribution in [3.05, 3.63) is 12.2 Å². The number of nitrogens with zero attached hydrogens (tertiary/aromatic N) is 2. The summed E-state index contributed by atoms with van der Waals surface area (Å²) in [5.74, 6) is 0.779. The summed E-state index contributed by atoms with van der Waals surface area (Å²) in [6.07, 6.45) is 9.43. The molecule has 8 nitrogen and oxygen atoms in total. The predicted molar refractivity (Wildman–Crippen MR) is 129 cm³/mol. The van der Waals surface area contributed by atoms with E-state index >= 15 is 0 Å². The van der Waals surface area contributed by atoms with Gasteiger partial charge >= 0.3 is 5.97 Å². The molecule has 2 N–H and O–H groups in total. The Bertz CT molecular complexity index is 682. The molecule has 1 saturated heterocycles. The Morgan fingerprint density at radius 1 is 1.10 bits per heavy atom. The Hall–Kier alpha value is -1.65. The van der Waals surface area contributed by atoms with Gasteiger partial charge in [0.15, 0.2) is 5.96 Å². The van der Waals surface area contributed by atoms with Gasteiger partial charge in [0.25, 0.3) is 0 Å². The molecule has 4 atom stereocenters. The third-order valence-corrected chi connectivity index (χ3v) is 6.32. The van der Waals surface area contributed by atoms with Crippen molar-refractivity contribution in [1.82, 2.24) is 15.5 Å². The summed E-state index contributed by atoms with van der Waals surface area (Å²) in [5.41, 5.74) is 0. The molecule has 0 aromatic heterocycles. The van der Waals surface area contributed by atoms with Gasteiger partial charge in [0, 0.05) is 32.6 Å². The zero-order valence-electron chi connectivity index (χ0n) is 18.5. The number of hydrogen-bond donors (Lipinski definition) is 2. The molecule has 3 rings (SSSR count). The van der Waals surface area contributed by atoms with Gasteiger partial charge in [-0.3, -0.25) is 24.3 Å². The second kappa shape index (κ2) is 12.4. The van der Waals surface area contributed by atoms with Crippen LogP contribution in [0.25, 0.3) is 0 Å². The molecule has 4 unspecified atom stereocenters. The lowest BCUT2D eigenvalue weighted by Gasteiger charge is -2.18. The molecule has 1 saturated carbocycles. The summed E-state index contributed by atoms with van der Waals surface area (Å²) >= 11 is 0. The first-order valence-electron chi connectivity index (χ1n) is 11.2. The van der Waals surface area contributed by atoms with Crippen LogP contribution in [0.15, 0.2) is 17.1 Å². The number of fused-ring (bicyclic) bond motifs is 5. The van der Waals surface area contributed by atoms with Crippen LogP contribution in [0.2, 0.25) is 0 Å². The van der Waals surface area contributed by atoms with Gasteiger partial charge in [-0.05, 0) is 38.0 Å². The minimum Gasteiger partial charge on any atom is -0.469 e. The number of halogens is 1. The Balaban J connectivity index is 0.00000341. The van der Waals surface area contributed by atoms with Crippen molar-refractivity contribution in [3.63, 3.8) is 0 Å². The summed E-state index contributed by atoms with van der Waals surface area (Å²) in [5, 5.41) is 6.43. The smallest absolute Gasteiger partial charge is 0.305 e. The van der Waals surface area contributed by atoms with Crippen molar-refractivity contribution < 1.29 is 19.1 Å². The van der Waals surface area contributed by atoms with Crippen molar-refractivity contribution in [2.45, 2.75) is 45.4 Å². The Morgan fingerprint density at radius 3 is 2.35 bits per heavy atom. The standard InChI is InChI=1S/C22H34N4O4.HI/c1-3-23-22(24-11-7-5-4-6-8-17(27)30-2)25-12-13-26-20(28)18-15-9-10-16(14-15)19(18)21(26)29;/h9-10,15-16,18-19H,3-8,11-14H2,1-2H3,(H2,23,24,25);1H. The van der Waals surface area contributed by atoms with Crippen LogP contribution in [-0.4, -0.2) is 61.9 Å². The highest BCUT2D eigenvalue weighted by Gasteiger charge is 2.58. The number of ether oxygens (including phenoxy) is 1. The van der Waals surface area contributed by atoms with Gasteiger partial charge in [0.2, 0.25) is 11.8 Å². The molecule has 2 amide bonds. The van der Waals surface area contributed by atoms with Crippen LogP contribution in [0, 0.1) is 23.7 Å². The second-order valence-electron chi connectivity index (χ2n) is 8.26. The van der Waals surface area contributed by atoms with Gasteiger partial charge in [-0.15, -0.1) is 24.0 Å². The number of carbonyl (C=O) groups excluding carboxylic acids is 3. The Morgan fingerprint density at radius 2 is 1.74 bits per heavy atom. The Labute approximate surface area is 201 Å². The van der Waals surface area contributed by atoms with E-state index in [4.69, 9.17) is 0 Å². The van der Waals surface area contributed by atoms with E-state index in [1.807, 2.05) is 6.92 Å². The zero-order valence-corrected chi connectivity index (χ0v) is 20.8. The van der Waals surface area contributed by atoms with Gasteiger partial charge in [-0.2, -0.15) is 0 Å². The first-order chi connectivity index (χ1) is 14.6. The summed E-state index contributed by atoms with van der Waals surface area (Å²) in [7, 11) is 1.41. The second-order valence-corrected chi connectivity index (χ2v) is 8.26. The highest BCUT2D eigenvalue weighted by Crippen LogP contribution is 2.52. The van der Waals surface area contributed by atoms with Crippen molar-refractivity contribution >= 4 is 47.7 Å². The molecule has 1 heterocycles. The van der Waals surface area contributed by atoms with E-state index in [2.05, 4.69) is 32.5 Å². The van der Waals surface area contributed by atoms with E-state index in [0.717, 1.165) is 38.6 Å². The zero-order chi connectivity index (χ0) is 21.5. The highest BCUT2D eigenvalue weighted by molar-refractivity contribution is 14.0. The molecule has 0 radical (unpaired) electrons. The minimum absolute atomic E-state index is 0. The van der Waals surface area contributed by atoms with Gasteiger partial charge in [-0.1, -0.05) is 25.0 Å². The molecule has 0 aromatic rings. The number of hydrogen-bond acceptors (Lipinski definition) is 5. The molecule has 174 valence electrons. The van der Waals surface area contributed by atoms with E-state index in [9.17, 15) is 14.4 Å². The molecule has 0 spiro atoms. The number of unbranched alkanes of at least 4 members (excludes halogenated alkanes) is 3. The van der Waals surface area contributed by atoms with Crippen molar-refractivity contribution in [2.75, 3.05) is 33.3 Å². The van der Waals surface area contributed by atoms with E-state index in [-0.39, 0.29) is 65.4 Å². The number of methoxy groups -OCH3 is 1. The third kappa shape index (κ3) is 6.20. The lowest BCUT2D eigenvalue weighted by atomic mass is 9.85. The van der Waals surface area contributed by atoms with Crippen molar-refractivity contribution in [3.8, 4) is 0 Å². The van der Waals surface area contributed by atoms with Crippen molar-refractivity contribution in [2.24, 2.45) is 28.7 Å². The number of allylic oxidation sites excluding steroid dienone is 2. The lowest BCUT2D eigenvalue weighted by Crippen LogP contribution is -2.43. The van der Waals surface area contributed by atoms with Gasteiger partial charge < -0.3 is 15.4 Å². The number of amides is 2. The fraction of sp³-hybridized carbons (Fsp3) is 0.727. The maximum atomic E-state index is 12.7. The van der Waals surface area contributed by atoms with Crippen LogP contribution in [-0.2, 0) is 19.1 Å². The van der Waals surface area contributed by atoms with Crippen LogP contribution in [0.4, 0.5) is 0 Å². The molecule has 9 heteroatoms. The summed E-state index contributed by atoms with van der Waals surface area (Å²) < 4.78 is 4.63. The van der Waals surface area contributed by atoms with Crippen LogP contribution in [0.3, 0.4) is 0 Å². The van der Waals surface area contributed by atoms with Crippen molar-refractivity contribution in [1.29, 1.82) is 0 Å². The molecule has 2 aliphatic carbocycles. The Kier molecular flexibility index (Phi) is 10.2. The molecule has 2 fully saturated rings.